The summed E-state index contributed by atoms with van der Waals surface area (Å²) in [7, 11) is -3.35. The minimum Gasteiger partial charge on any atom is -0.341 e. The average molecular weight is 436 g/mol. The lowest BCUT2D eigenvalue weighted by molar-refractivity contribution is 0.177. The Morgan fingerprint density at radius 2 is 1.72 bits per heavy atom. The molecule has 2 aliphatic heterocycles. The quantitative estimate of drug-likeness (QED) is 0.735. The molecule has 0 aromatic carbocycles. The maximum Gasteiger partial charge on any atom is 0.252 e. The fourth-order valence-corrected chi connectivity index (χ4v) is 6.95. The number of aromatic nitrogens is 2. The van der Waals surface area contributed by atoms with Gasteiger partial charge < -0.3 is 4.90 Å². The summed E-state index contributed by atoms with van der Waals surface area (Å²) in [5, 5.41) is 1.82. The van der Waals surface area contributed by atoms with E-state index >= 15 is 0 Å². The van der Waals surface area contributed by atoms with E-state index in [0.717, 1.165) is 62.8 Å². The average Bonchev–Trinajstić information content (AvgIpc) is 3.13. The maximum absolute atomic E-state index is 12.8. The van der Waals surface area contributed by atoms with Crippen molar-refractivity contribution in [3.05, 3.63) is 35.0 Å². The number of anilines is 1. The number of hydrogen-bond acceptors (Lipinski definition) is 7. The minimum absolute atomic E-state index is 0.452. The molecule has 2 aromatic rings. The zero-order valence-electron chi connectivity index (χ0n) is 17.1. The number of aryl methyl sites for hydroxylation is 2. The number of thiophene rings is 1. The van der Waals surface area contributed by atoms with E-state index in [-0.39, 0.29) is 0 Å². The van der Waals surface area contributed by atoms with Crippen LogP contribution in [0.15, 0.2) is 27.8 Å². The Bertz CT molecular complexity index is 904. The van der Waals surface area contributed by atoms with E-state index in [1.165, 1.54) is 11.3 Å². The third-order valence-corrected chi connectivity index (χ3v) is 9.08. The molecule has 7 nitrogen and oxygen atoms in total. The van der Waals surface area contributed by atoms with Gasteiger partial charge in [-0.25, -0.2) is 18.4 Å². The van der Waals surface area contributed by atoms with Crippen LogP contribution >= 0.6 is 11.3 Å². The highest BCUT2D eigenvalue weighted by Gasteiger charge is 2.31. The van der Waals surface area contributed by atoms with Crippen molar-refractivity contribution in [1.82, 2.24) is 19.2 Å². The molecule has 9 heteroatoms. The van der Waals surface area contributed by atoms with Gasteiger partial charge in [0.25, 0.3) is 10.0 Å². The van der Waals surface area contributed by atoms with E-state index in [4.69, 9.17) is 0 Å². The molecule has 0 aliphatic carbocycles. The molecule has 0 radical (unpaired) electrons. The van der Waals surface area contributed by atoms with Crippen molar-refractivity contribution in [1.29, 1.82) is 0 Å². The molecule has 2 saturated heterocycles. The van der Waals surface area contributed by atoms with Gasteiger partial charge >= 0.3 is 0 Å². The first kappa shape index (κ1) is 20.7. The van der Waals surface area contributed by atoms with Crippen molar-refractivity contribution >= 4 is 27.3 Å². The van der Waals surface area contributed by atoms with Crippen LogP contribution in [0.3, 0.4) is 0 Å². The Balaban J connectivity index is 1.35. The molecular weight excluding hydrogens is 406 g/mol. The molecule has 4 rings (SSSR count). The molecular formula is C20H29N5O2S2. The Kier molecular flexibility index (Phi) is 6.19. The summed E-state index contributed by atoms with van der Waals surface area (Å²) in [5.41, 5.74) is 2.02. The van der Waals surface area contributed by atoms with Gasteiger partial charge in [-0.15, -0.1) is 11.3 Å². The third-order valence-electron chi connectivity index (χ3n) is 5.81. The first-order valence-corrected chi connectivity index (χ1v) is 12.6. The van der Waals surface area contributed by atoms with Crippen LogP contribution in [0, 0.1) is 13.8 Å². The summed E-state index contributed by atoms with van der Waals surface area (Å²) in [5.74, 6) is 0.838. The summed E-state index contributed by atoms with van der Waals surface area (Å²) < 4.78 is 27.8. The van der Waals surface area contributed by atoms with Crippen molar-refractivity contribution in [3.63, 3.8) is 0 Å². The van der Waals surface area contributed by atoms with Crippen LogP contribution in [0.4, 0.5) is 5.95 Å². The van der Waals surface area contributed by atoms with E-state index in [0.29, 0.717) is 23.3 Å². The van der Waals surface area contributed by atoms with Gasteiger partial charge in [-0.1, -0.05) is 6.07 Å². The second-order valence-corrected chi connectivity index (χ2v) is 11.0. The second kappa shape index (κ2) is 8.67. The molecule has 2 aromatic heterocycles. The smallest absolute Gasteiger partial charge is 0.252 e. The highest BCUT2D eigenvalue weighted by Crippen LogP contribution is 2.25. The van der Waals surface area contributed by atoms with Crippen molar-refractivity contribution in [2.45, 2.75) is 43.4 Å². The standard InChI is InChI=1S/C20H29N5O2S2/c1-16-15-17(2)22-20(21-16)24-10-6-18(7-11-24)23-8-4-9-25(13-12-23)29(26,27)19-5-3-14-28-19/h3,5,14-15,18H,4,6-13H2,1-2H3. The second-order valence-electron chi connectivity index (χ2n) is 7.89. The first-order chi connectivity index (χ1) is 13.9. The fourth-order valence-electron chi connectivity index (χ4n) is 4.34. The van der Waals surface area contributed by atoms with E-state index in [1.807, 2.05) is 25.3 Å². The maximum atomic E-state index is 12.8. The van der Waals surface area contributed by atoms with Gasteiger partial charge in [-0.2, -0.15) is 4.31 Å². The van der Waals surface area contributed by atoms with Crippen LogP contribution in [0.2, 0.25) is 0 Å². The van der Waals surface area contributed by atoms with Gasteiger partial charge in [0.1, 0.15) is 4.21 Å². The van der Waals surface area contributed by atoms with Gasteiger partial charge in [-0.05, 0) is 57.2 Å². The zero-order chi connectivity index (χ0) is 20.4. The summed E-state index contributed by atoms with van der Waals surface area (Å²) >= 11 is 1.30. The van der Waals surface area contributed by atoms with E-state index in [1.54, 1.807) is 16.4 Å². The van der Waals surface area contributed by atoms with Crippen molar-refractivity contribution in [2.75, 3.05) is 44.2 Å². The molecule has 0 unspecified atom stereocenters. The van der Waals surface area contributed by atoms with E-state index in [9.17, 15) is 8.42 Å². The van der Waals surface area contributed by atoms with Crippen LogP contribution in [0.25, 0.3) is 0 Å². The highest BCUT2D eigenvalue weighted by atomic mass is 32.2. The molecule has 0 bridgehead atoms. The predicted molar refractivity (Wildman–Crippen MR) is 116 cm³/mol. The fraction of sp³-hybridized carbons (Fsp3) is 0.600. The largest absolute Gasteiger partial charge is 0.341 e. The summed E-state index contributed by atoms with van der Waals surface area (Å²) in [6, 6.07) is 6.01. The Hall–Kier alpha value is -1.55. The number of hydrogen-bond donors (Lipinski definition) is 0. The van der Waals surface area contributed by atoms with Crippen LogP contribution in [0.5, 0.6) is 0 Å². The Labute approximate surface area is 177 Å². The van der Waals surface area contributed by atoms with Crippen LogP contribution in [0.1, 0.15) is 30.7 Å². The Morgan fingerprint density at radius 1 is 1.00 bits per heavy atom. The molecule has 2 aliphatic rings. The number of nitrogens with zero attached hydrogens (tertiary/aromatic N) is 5. The molecule has 4 heterocycles. The molecule has 158 valence electrons. The number of sulfonamides is 1. The zero-order valence-corrected chi connectivity index (χ0v) is 18.8. The molecule has 0 saturated carbocycles. The van der Waals surface area contributed by atoms with E-state index < -0.39 is 10.0 Å². The van der Waals surface area contributed by atoms with Gasteiger partial charge in [0.05, 0.1) is 0 Å². The topological polar surface area (TPSA) is 69.6 Å². The highest BCUT2D eigenvalue weighted by molar-refractivity contribution is 7.91. The van der Waals surface area contributed by atoms with Crippen molar-refractivity contribution in [2.24, 2.45) is 0 Å². The molecule has 0 spiro atoms. The van der Waals surface area contributed by atoms with E-state index in [2.05, 4.69) is 19.8 Å². The lowest BCUT2D eigenvalue weighted by atomic mass is 10.0. The Morgan fingerprint density at radius 3 is 2.38 bits per heavy atom. The monoisotopic (exact) mass is 435 g/mol. The molecule has 0 atom stereocenters. The first-order valence-electron chi connectivity index (χ1n) is 10.3. The van der Waals surface area contributed by atoms with Crippen LogP contribution < -0.4 is 4.90 Å². The molecule has 0 N–H and O–H groups in total. The van der Waals surface area contributed by atoms with Gasteiger partial charge in [0.15, 0.2) is 0 Å². The van der Waals surface area contributed by atoms with Gasteiger partial charge in [-0.3, -0.25) is 4.90 Å². The predicted octanol–water partition coefficient (Wildman–Crippen LogP) is 2.52. The lowest BCUT2D eigenvalue weighted by Crippen LogP contribution is -2.46. The SMILES string of the molecule is Cc1cc(C)nc(N2CCC(N3CCCN(S(=O)(=O)c4cccs4)CC3)CC2)n1. The lowest BCUT2D eigenvalue weighted by Gasteiger charge is -2.38. The van der Waals surface area contributed by atoms with Crippen molar-refractivity contribution < 1.29 is 8.42 Å². The summed E-state index contributed by atoms with van der Waals surface area (Å²) in [6.07, 6.45) is 3.01. The molecule has 0 amide bonds. The minimum atomic E-state index is -3.35. The molecule has 29 heavy (non-hydrogen) atoms. The number of piperidine rings is 1. The summed E-state index contributed by atoms with van der Waals surface area (Å²) in [4.78, 5) is 14.0. The molecule has 2 fully saturated rings. The summed E-state index contributed by atoms with van der Waals surface area (Å²) in [6.45, 7) is 8.85. The third kappa shape index (κ3) is 4.63. The van der Waals surface area contributed by atoms with Crippen LogP contribution in [-0.4, -0.2) is 72.9 Å². The van der Waals surface area contributed by atoms with Gasteiger partial charge in [0.2, 0.25) is 5.95 Å². The van der Waals surface area contributed by atoms with Crippen LogP contribution in [-0.2, 0) is 10.0 Å². The number of rotatable bonds is 4. The van der Waals surface area contributed by atoms with Crippen molar-refractivity contribution in [3.8, 4) is 0 Å². The normalized spacial score (nSPS) is 20.7. The van der Waals surface area contributed by atoms with Gasteiger partial charge in [0, 0.05) is 50.2 Å².